The average Bonchev–Trinajstić information content (AvgIpc) is 3.01. The minimum absolute atomic E-state index is 0.145. The zero-order valence-corrected chi connectivity index (χ0v) is 16.1. The normalized spacial score (nSPS) is 12.1. The summed E-state index contributed by atoms with van der Waals surface area (Å²) in [5, 5.41) is 2.69. The van der Waals surface area contributed by atoms with Gasteiger partial charge in [-0.3, -0.25) is 14.4 Å². The number of nitrogens with one attached hydrogen (secondary N) is 2. The molecule has 2 N–H and O–H groups in total. The maximum atomic E-state index is 12.4. The molecule has 0 aliphatic heterocycles. The second-order valence-electron chi connectivity index (χ2n) is 5.97. The Hall–Kier alpha value is -3.45. The average molecular weight is 394 g/mol. The van der Waals surface area contributed by atoms with Gasteiger partial charge in [-0.25, -0.2) is 0 Å². The van der Waals surface area contributed by atoms with E-state index < -0.39 is 0 Å². The van der Waals surface area contributed by atoms with Gasteiger partial charge in [0, 0.05) is 24.3 Å². The number of methoxy groups -OCH3 is 1. The topological polar surface area (TPSA) is 88.3 Å². The number of Topliss-reactive ketones (excluding diaryl/α,β-unsaturated/α-hetero) is 1. The van der Waals surface area contributed by atoms with E-state index in [0.29, 0.717) is 26.2 Å². The molecule has 0 atom stereocenters. The van der Waals surface area contributed by atoms with Crippen LogP contribution in [-0.2, 0) is 4.79 Å². The molecule has 0 aliphatic rings. The summed E-state index contributed by atoms with van der Waals surface area (Å²) in [5.41, 5.74) is 1.75. The molecule has 0 bridgehead atoms. The zero-order chi connectivity index (χ0) is 20.1. The van der Waals surface area contributed by atoms with E-state index in [4.69, 9.17) is 4.74 Å². The van der Waals surface area contributed by atoms with Gasteiger partial charge in [0.15, 0.2) is 5.78 Å². The Bertz CT molecular complexity index is 1170. The van der Waals surface area contributed by atoms with Crippen molar-refractivity contribution >= 4 is 40.9 Å². The highest BCUT2D eigenvalue weighted by molar-refractivity contribution is 7.07. The quantitative estimate of drug-likeness (QED) is 0.647. The Morgan fingerprint density at radius 2 is 1.75 bits per heavy atom. The van der Waals surface area contributed by atoms with Crippen LogP contribution in [0.25, 0.3) is 12.2 Å². The van der Waals surface area contributed by atoms with Crippen LogP contribution in [-0.4, -0.2) is 23.8 Å². The van der Waals surface area contributed by atoms with Crippen LogP contribution in [0.4, 0.5) is 5.69 Å². The number of amides is 1. The van der Waals surface area contributed by atoms with Crippen LogP contribution in [0.15, 0.2) is 53.3 Å². The molecule has 1 amide bonds. The Kier molecular flexibility index (Phi) is 5.86. The van der Waals surface area contributed by atoms with Crippen molar-refractivity contribution < 1.29 is 14.3 Å². The fourth-order valence-corrected chi connectivity index (χ4v) is 3.38. The number of benzene rings is 2. The number of carbonyl (C=O) groups excluding carboxylic acids is 2. The van der Waals surface area contributed by atoms with E-state index in [-0.39, 0.29) is 17.2 Å². The Balaban J connectivity index is 1.86. The molecular weight excluding hydrogens is 376 g/mol. The number of ether oxygens (including phenoxy) is 1. The van der Waals surface area contributed by atoms with Gasteiger partial charge >= 0.3 is 0 Å². The molecule has 0 unspecified atom stereocenters. The zero-order valence-electron chi connectivity index (χ0n) is 15.3. The predicted molar refractivity (Wildman–Crippen MR) is 110 cm³/mol. The van der Waals surface area contributed by atoms with Crippen LogP contribution >= 0.6 is 11.3 Å². The molecule has 0 saturated carbocycles. The molecule has 1 heterocycles. The minimum Gasteiger partial charge on any atom is -0.497 e. The van der Waals surface area contributed by atoms with E-state index >= 15 is 0 Å². The van der Waals surface area contributed by atoms with Crippen LogP contribution in [0, 0.1) is 0 Å². The summed E-state index contributed by atoms with van der Waals surface area (Å²) in [5.74, 6) is 0.321. The summed E-state index contributed by atoms with van der Waals surface area (Å²) in [4.78, 5) is 38.3. The van der Waals surface area contributed by atoms with Crippen LogP contribution in [0.1, 0.15) is 22.8 Å². The van der Waals surface area contributed by atoms with E-state index in [9.17, 15) is 14.4 Å². The third-order valence-electron chi connectivity index (χ3n) is 3.85. The third kappa shape index (κ3) is 4.83. The predicted octanol–water partition coefficient (Wildman–Crippen LogP) is 1.90. The molecule has 142 valence electrons. The molecular formula is C21H18N2O4S. The molecule has 0 saturated heterocycles. The van der Waals surface area contributed by atoms with Crippen LogP contribution in [0.5, 0.6) is 5.75 Å². The van der Waals surface area contributed by atoms with E-state index in [1.807, 2.05) is 0 Å². The molecule has 1 aromatic heterocycles. The van der Waals surface area contributed by atoms with Crippen molar-refractivity contribution in [2.45, 2.75) is 6.92 Å². The second-order valence-corrected chi connectivity index (χ2v) is 7.05. The first-order valence-corrected chi connectivity index (χ1v) is 9.25. The summed E-state index contributed by atoms with van der Waals surface area (Å²) >= 11 is 1.21. The van der Waals surface area contributed by atoms with Crippen LogP contribution in [0.2, 0.25) is 0 Å². The smallest absolute Gasteiger partial charge is 0.266 e. The van der Waals surface area contributed by atoms with Gasteiger partial charge in [0.2, 0.25) is 5.91 Å². The summed E-state index contributed by atoms with van der Waals surface area (Å²) in [7, 11) is 1.56. The highest BCUT2D eigenvalue weighted by Crippen LogP contribution is 2.12. The van der Waals surface area contributed by atoms with Gasteiger partial charge in [0.1, 0.15) is 5.75 Å². The number of hydrogen-bond donors (Lipinski definition) is 2. The summed E-state index contributed by atoms with van der Waals surface area (Å²) < 4.78 is 6.04. The molecule has 0 aliphatic carbocycles. The fraction of sp³-hybridized carbons (Fsp3) is 0.0952. The third-order valence-corrected chi connectivity index (χ3v) is 4.81. The molecule has 28 heavy (non-hydrogen) atoms. The molecule has 7 heteroatoms. The van der Waals surface area contributed by atoms with Crippen molar-refractivity contribution in [1.82, 2.24) is 4.98 Å². The maximum absolute atomic E-state index is 12.4. The van der Waals surface area contributed by atoms with Gasteiger partial charge in [-0.1, -0.05) is 12.1 Å². The summed E-state index contributed by atoms with van der Waals surface area (Å²) in [6, 6.07) is 13.9. The van der Waals surface area contributed by atoms with Crippen LogP contribution in [0.3, 0.4) is 0 Å². The number of hydrogen-bond acceptors (Lipinski definition) is 5. The molecule has 0 spiro atoms. The lowest BCUT2D eigenvalue weighted by molar-refractivity contribution is -0.114. The number of anilines is 1. The number of ketones is 1. The maximum Gasteiger partial charge on any atom is 0.266 e. The number of thiazole rings is 1. The number of aromatic nitrogens is 1. The van der Waals surface area contributed by atoms with Crippen LogP contribution < -0.4 is 24.8 Å². The van der Waals surface area contributed by atoms with Gasteiger partial charge in [-0.15, -0.1) is 11.3 Å². The Labute approximate surface area is 164 Å². The Morgan fingerprint density at radius 3 is 2.36 bits per heavy atom. The highest BCUT2D eigenvalue weighted by Gasteiger charge is 2.04. The van der Waals surface area contributed by atoms with Gasteiger partial charge in [-0.2, -0.15) is 0 Å². The molecule has 0 fully saturated rings. The van der Waals surface area contributed by atoms with Gasteiger partial charge < -0.3 is 15.0 Å². The highest BCUT2D eigenvalue weighted by atomic mass is 32.1. The monoisotopic (exact) mass is 394 g/mol. The first-order valence-electron chi connectivity index (χ1n) is 8.43. The van der Waals surface area contributed by atoms with Crippen molar-refractivity contribution in [1.29, 1.82) is 0 Å². The number of carbonyl (C=O) groups is 2. The lowest BCUT2D eigenvalue weighted by Crippen LogP contribution is -2.20. The lowest BCUT2D eigenvalue weighted by atomic mass is 10.1. The van der Waals surface area contributed by atoms with Gasteiger partial charge in [0.05, 0.1) is 16.3 Å². The van der Waals surface area contributed by atoms with Gasteiger partial charge in [0.25, 0.3) is 5.56 Å². The standard InChI is InChI=1S/C21H18N2O4S/c1-13(24)22-16-7-3-14(4-8-16)11-19-21(26)23-20(28-19)12-18(25)15-5-9-17(27-2)10-6-15/h3-12H,1-2H3,(H,22,24)(H,23,26)/b19-11+,20-12+. The van der Waals surface area contributed by atoms with Crippen molar-refractivity contribution in [3.05, 3.63) is 79.2 Å². The Morgan fingerprint density at radius 1 is 1.07 bits per heavy atom. The van der Waals surface area contributed by atoms with Crippen molar-refractivity contribution in [2.24, 2.45) is 0 Å². The fourth-order valence-electron chi connectivity index (χ4n) is 2.50. The molecule has 3 rings (SSSR count). The second kappa shape index (κ2) is 8.49. The number of aromatic amines is 1. The number of H-pyrrole nitrogens is 1. The van der Waals surface area contributed by atoms with Crippen molar-refractivity contribution in [2.75, 3.05) is 12.4 Å². The summed E-state index contributed by atoms with van der Waals surface area (Å²) in [6.45, 7) is 1.44. The number of rotatable bonds is 5. The first kappa shape index (κ1) is 19.3. The lowest BCUT2D eigenvalue weighted by Gasteiger charge is -2.01. The largest absolute Gasteiger partial charge is 0.497 e. The summed E-state index contributed by atoms with van der Waals surface area (Å²) in [6.07, 6.45) is 3.14. The van der Waals surface area contributed by atoms with E-state index in [2.05, 4.69) is 10.3 Å². The van der Waals surface area contributed by atoms with E-state index in [0.717, 1.165) is 5.56 Å². The first-order chi connectivity index (χ1) is 13.4. The van der Waals surface area contributed by atoms with Gasteiger partial charge in [-0.05, 0) is 48.0 Å². The van der Waals surface area contributed by atoms with Crippen molar-refractivity contribution in [3.63, 3.8) is 0 Å². The minimum atomic E-state index is -0.260. The molecule has 0 radical (unpaired) electrons. The molecule has 2 aromatic carbocycles. The van der Waals surface area contributed by atoms with E-state index in [1.54, 1.807) is 61.7 Å². The SMILES string of the molecule is COc1ccc(C(=O)/C=c2\[nH]c(=O)/c(=C\c3ccc(NC(C)=O)cc3)s2)cc1. The molecule has 6 nitrogen and oxygen atoms in total. The van der Waals surface area contributed by atoms with Crippen molar-refractivity contribution in [3.8, 4) is 5.75 Å². The van der Waals surface area contributed by atoms with E-state index in [1.165, 1.54) is 24.3 Å². The molecule has 3 aromatic rings.